The van der Waals surface area contributed by atoms with Crippen LogP contribution >= 0.6 is 0 Å². The summed E-state index contributed by atoms with van der Waals surface area (Å²) in [6, 6.07) is 7.51. The molecular formula is C21H16N2O6. The second-order valence-corrected chi connectivity index (χ2v) is 7.17. The first-order chi connectivity index (χ1) is 14.0. The van der Waals surface area contributed by atoms with Crippen molar-refractivity contribution in [3.63, 3.8) is 0 Å². The lowest BCUT2D eigenvalue weighted by molar-refractivity contribution is 0.0901. The number of nitrogens with one attached hydrogen (secondary N) is 2. The van der Waals surface area contributed by atoms with E-state index in [2.05, 4.69) is 10.6 Å². The minimum absolute atomic E-state index is 0.0633. The fourth-order valence-electron chi connectivity index (χ4n) is 3.97. The molecule has 8 nitrogen and oxygen atoms in total. The summed E-state index contributed by atoms with van der Waals surface area (Å²) in [6.45, 7) is 1.42. The number of benzene rings is 2. The van der Waals surface area contributed by atoms with Gasteiger partial charge in [0.05, 0.1) is 16.7 Å². The van der Waals surface area contributed by atoms with E-state index in [-0.39, 0.29) is 50.8 Å². The summed E-state index contributed by atoms with van der Waals surface area (Å²) in [6.07, 6.45) is 0.768. The average molecular weight is 392 g/mol. The molecule has 0 radical (unpaired) electrons. The average Bonchev–Trinajstić information content (AvgIpc) is 3.39. The Bertz CT molecular complexity index is 1140. The Hall–Kier alpha value is -3.65. The molecule has 4 N–H and O–H groups in total. The molecule has 0 unspecified atom stereocenters. The third kappa shape index (κ3) is 2.46. The summed E-state index contributed by atoms with van der Waals surface area (Å²) >= 11 is 0. The van der Waals surface area contributed by atoms with Gasteiger partial charge in [-0.2, -0.15) is 0 Å². The first kappa shape index (κ1) is 17.4. The van der Waals surface area contributed by atoms with Crippen LogP contribution in [0.3, 0.4) is 0 Å². The number of phenolic OH excluding ortho intramolecular Hbond substituents is 2. The van der Waals surface area contributed by atoms with Gasteiger partial charge in [0.25, 0.3) is 5.91 Å². The van der Waals surface area contributed by atoms with Gasteiger partial charge in [0.2, 0.25) is 11.6 Å². The molecule has 1 saturated heterocycles. The molecule has 2 aromatic carbocycles. The Morgan fingerprint density at radius 2 is 1.72 bits per heavy atom. The van der Waals surface area contributed by atoms with Crippen molar-refractivity contribution in [1.29, 1.82) is 0 Å². The normalized spacial score (nSPS) is 18.0. The van der Waals surface area contributed by atoms with Crippen LogP contribution in [0, 0.1) is 0 Å². The second-order valence-electron chi connectivity index (χ2n) is 7.17. The molecule has 2 aliphatic rings. The summed E-state index contributed by atoms with van der Waals surface area (Å²) in [7, 11) is 0. The Kier molecular flexibility index (Phi) is 3.72. The molecule has 1 aliphatic heterocycles. The monoisotopic (exact) mass is 392 g/mol. The minimum Gasteiger partial charge on any atom is -0.506 e. The Balaban J connectivity index is 1.63. The highest BCUT2D eigenvalue weighted by molar-refractivity contribution is 6.32. The highest BCUT2D eigenvalue weighted by Gasteiger charge is 2.40. The molecule has 5 rings (SSSR count). The van der Waals surface area contributed by atoms with E-state index in [1.807, 2.05) is 0 Å². The fourth-order valence-corrected chi connectivity index (χ4v) is 3.97. The lowest BCUT2D eigenvalue weighted by Crippen LogP contribution is -2.36. The summed E-state index contributed by atoms with van der Waals surface area (Å²) in [5.41, 5.74) is -0.714. The van der Waals surface area contributed by atoms with E-state index >= 15 is 0 Å². The minimum atomic E-state index is -0.755. The lowest BCUT2D eigenvalue weighted by Gasteiger charge is -2.18. The number of rotatable bonds is 2. The molecule has 1 aromatic heterocycles. The first-order valence-corrected chi connectivity index (χ1v) is 9.18. The van der Waals surface area contributed by atoms with Gasteiger partial charge in [0.1, 0.15) is 11.5 Å². The number of aromatic hydroxyl groups is 2. The van der Waals surface area contributed by atoms with Gasteiger partial charge in [-0.3, -0.25) is 14.4 Å². The molecular weight excluding hydrogens is 376 g/mol. The molecule has 2 heterocycles. The van der Waals surface area contributed by atoms with Crippen molar-refractivity contribution < 1.29 is 29.0 Å². The predicted octanol–water partition coefficient (Wildman–Crippen LogP) is 1.71. The van der Waals surface area contributed by atoms with Crippen molar-refractivity contribution in [3.8, 4) is 11.5 Å². The number of fused-ring (bicyclic) bond motifs is 3. The summed E-state index contributed by atoms with van der Waals surface area (Å²) in [4.78, 5) is 38.5. The van der Waals surface area contributed by atoms with E-state index in [0.29, 0.717) is 6.54 Å². The van der Waals surface area contributed by atoms with Gasteiger partial charge in [-0.05, 0) is 13.0 Å². The smallest absolute Gasteiger partial charge is 0.287 e. The van der Waals surface area contributed by atoms with Crippen molar-refractivity contribution >= 4 is 28.2 Å². The zero-order chi connectivity index (χ0) is 20.3. The largest absolute Gasteiger partial charge is 0.506 e. The van der Waals surface area contributed by atoms with Gasteiger partial charge >= 0.3 is 0 Å². The van der Waals surface area contributed by atoms with Crippen molar-refractivity contribution in [2.75, 3.05) is 13.1 Å². The van der Waals surface area contributed by atoms with Gasteiger partial charge in [0.15, 0.2) is 11.5 Å². The van der Waals surface area contributed by atoms with E-state index in [1.165, 1.54) is 12.1 Å². The Labute approximate surface area is 164 Å². The molecule has 1 amide bonds. The summed E-state index contributed by atoms with van der Waals surface area (Å²) < 4.78 is 5.43. The van der Waals surface area contributed by atoms with Crippen LogP contribution in [0.1, 0.15) is 49.0 Å². The zero-order valence-corrected chi connectivity index (χ0v) is 15.1. The molecule has 146 valence electrons. The number of amides is 1. The first-order valence-electron chi connectivity index (χ1n) is 9.18. The third-order valence-electron chi connectivity index (χ3n) is 5.42. The number of carbonyl (C=O) groups is 3. The van der Waals surface area contributed by atoms with Crippen LogP contribution in [0.15, 0.2) is 34.7 Å². The van der Waals surface area contributed by atoms with Crippen molar-refractivity contribution in [3.05, 3.63) is 58.5 Å². The fraction of sp³-hybridized carbons (Fsp3) is 0.190. The SMILES string of the molecule is O=C(N[C@@H]1CCNC1)c1cc2c(o1)C(=O)c1c(c(O)c3ccccc3c1O)C2=O. The van der Waals surface area contributed by atoms with Gasteiger partial charge in [-0.1, -0.05) is 24.3 Å². The number of ketones is 2. The molecule has 0 spiro atoms. The van der Waals surface area contributed by atoms with Crippen LogP contribution in [0.5, 0.6) is 11.5 Å². The van der Waals surface area contributed by atoms with Crippen LogP contribution in [0.25, 0.3) is 10.8 Å². The van der Waals surface area contributed by atoms with Crippen LogP contribution in [-0.2, 0) is 0 Å². The van der Waals surface area contributed by atoms with E-state index < -0.39 is 23.2 Å². The van der Waals surface area contributed by atoms with E-state index in [1.54, 1.807) is 18.2 Å². The van der Waals surface area contributed by atoms with E-state index in [9.17, 15) is 24.6 Å². The molecule has 1 fully saturated rings. The number of furan rings is 1. The van der Waals surface area contributed by atoms with Crippen LogP contribution < -0.4 is 10.6 Å². The lowest BCUT2D eigenvalue weighted by atomic mass is 9.85. The number of carbonyl (C=O) groups excluding carboxylic acids is 3. The maximum atomic E-state index is 13.0. The summed E-state index contributed by atoms with van der Waals surface area (Å²) in [5, 5.41) is 27.7. The standard InChI is InChI=1S/C21H16N2O6/c24-16-10-3-1-2-4-11(10)17(25)15-14(16)18(26)12-7-13(29-20(12)19(15)27)21(28)23-9-5-6-22-8-9/h1-4,7,9,22,24-25H,5-6,8H2,(H,23,28)/t9-/m1/s1. The van der Waals surface area contributed by atoms with Gasteiger partial charge in [-0.25, -0.2) is 0 Å². The second kappa shape index (κ2) is 6.18. The third-order valence-corrected chi connectivity index (χ3v) is 5.42. The molecule has 1 aliphatic carbocycles. The van der Waals surface area contributed by atoms with Gasteiger partial charge in [-0.15, -0.1) is 0 Å². The van der Waals surface area contributed by atoms with Crippen molar-refractivity contribution in [1.82, 2.24) is 10.6 Å². The highest BCUT2D eigenvalue weighted by atomic mass is 16.4. The van der Waals surface area contributed by atoms with Crippen LogP contribution in [0.4, 0.5) is 0 Å². The quantitative estimate of drug-likeness (QED) is 0.382. The zero-order valence-electron chi connectivity index (χ0n) is 15.1. The van der Waals surface area contributed by atoms with Crippen molar-refractivity contribution in [2.24, 2.45) is 0 Å². The van der Waals surface area contributed by atoms with Gasteiger partial charge < -0.3 is 25.3 Å². The predicted molar refractivity (Wildman–Crippen MR) is 102 cm³/mol. The topological polar surface area (TPSA) is 129 Å². The number of phenols is 2. The highest BCUT2D eigenvalue weighted by Crippen LogP contribution is 2.44. The number of hydrogen-bond donors (Lipinski definition) is 4. The summed E-state index contributed by atoms with van der Waals surface area (Å²) in [5.74, 6) is -3.25. The van der Waals surface area contributed by atoms with Gasteiger partial charge in [0, 0.05) is 29.4 Å². The molecule has 0 saturated carbocycles. The number of hydrogen-bond acceptors (Lipinski definition) is 7. The Morgan fingerprint density at radius 3 is 2.34 bits per heavy atom. The molecule has 3 aromatic rings. The molecule has 29 heavy (non-hydrogen) atoms. The van der Waals surface area contributed by atoms with Crippen LogP contribution in [0.2, 0.25) is 0 Å². The maximum absolute atomic E-state index is 13.0. The Morgan fingerprint density at radius 1 is 1.07 bits per heavy atom. The van der Waals surface area contributed by atoms with E-state index in [4.69, 9.17) is 4.42 Å². The molecule has 1 atom stereocenters. The molecule has 8 heteroatoms. The van der Waals surface area contributed by atoms with E-state index in [0.717, 1.165) is 13.0 Å². The maximum Gasteiger partial charge on any atom is 0.287 e. The van der Waals surface area contributed by atoms with Crippen molar-refractivity contribution in [2.45, 2.75) is 12.5 Å². The molecule has 0 bridgehead atoms. The van der Waals surface area contributed by atoms with Crippen LogP contribution in [-0.4, -0.2) is 46.8 Å².